The third kappa shape index (κ3) is 5.44. The highest BCUT2D eigenvalue weighted by atomic mass is 14.9. The Kier molecular flexibility index (Phi) is 6.89. The minimum Gasteiger partial charge on any atom is -0.355 e. The fourth-order valence-electron chi connectivity index (χ4n) is 5.16. The van der Waals surface area contributed by atoms with Crippen LogP contribution in [0.4, 0.5) is 11.4 Å². The highest BCUT2D eigenvalue weighted by Gasteiger charge is 2.16. The van der Waals surface area contributed by atoms with Gasteiger partial charge in [0.1, 0.15) is 0 Å². The number of nitrogens with one attached hydrogen (secondary N) is 1. The molecule has 186 valence electrons. The van der Waals surface area contributed by atoms with Crippen LogP contribution in [0.15, 0.2) is 146 Å². The van der Waals surface area contributed by atoms with Crippen LogP contribution in [0.1, 0.15) is 29.0 Å². The van der Waals surface area contributed by atoms with Gasteiger partial charge in [0.15, 0.2) is 0 Å². The van der Waals surface area contributed by atoms with Gasteiger partial charge in [-0.2, -0.15) is 5.26 Å². The standard InChI is InChI=1S/C37H28N2/c38-26-27-9-7-14-34(23-27)36-25-33(21-22-37(36)39-35-15-5-2-6-16-35)30-19-17-29(18-20-30)32-13-8-12-31(24-32)28-10-3-1-4-11-28/h1-19,21-25,30,39H,20H2. The lowest BCUT2D eigenvalue weighted by molar-refractivity contribution is 0.857. The van der Waals surface area contributed by atoms with E-state index in [2.05, 4.69) is 121 Å². The summed E-state index contributed by atoms with van der Waals surface area (Å²) < 4.78 is 0. The molecule has 0 heterocycles. The summed E-state index contributed by atoms with van der Waals surface area (Å²) in [6, 6.07) is 46.2. The van der Waals surface area contributed by atoms with Crippen LogP contribution in [0.3, 0.4) is 0 Å². The second-order valence-electron chi connectivity index (χ2n) is 9.80. The van der Waals surface area contributed by atoms with Crippen LogP contribution < -0.4 is 5.32 Å². The normalized spacial score (nSPS) is 14.3. The summed E-state index contributed by atoms with van der Waals surface area (Å²) in [5.74, 6) is 0.287. The number of allylic oxidation sites excluding steroid dienone is 4. The topological polar surface area (TPSA) is 35.8 Å². The van der Waals surface area contributed by atoms with Gasteiger partial charge in [-0.05, 0) is 82.3 Å². The number of nitriles is 1. The molecule has 0 bridgehead atoms. The molecule has 2 heteroatoms. The van der Waals surface area contributed by atoms with Crippen LogP contribution in [0.5, 0.6) is 0 Å². The summed E-state index contributed by atoms with van der Waals surface area (Å²) in [5.41, 5.74) is 11.1. The van der Waals surface area contributed by atoms with Crippen molar-refractivity contribution in [3.8, 4) is 28.3 Å². The van der Waals surface area contributed by atoms with Crippen LogP contribution in [-0.4, -0.2) is 0 Å². The molecule has 0 spiro atoms. The summed E-state index contributed by atoms with van der Waals surface area (Å²) in [6.07, 6.45) is 7.86. The lowest BCUT2D eigenvalue weighted by atomic mass is 9.86. The van der Waals surface area contributed by atoms with Crippen molar-refractivity contribution in [2.24, 2.45) is 0 Å². The monoisotopic (exact) mass is 500 g/mol. The van der Waals surface area contributed by atoms with Crippen molar-refractivity contribution in [3.63, 3.8) is 0 Å². The number of rotatable bonds is 6. The molecule has 5 aromatic carbocycles. The van der Waals surface area contributed by atoms with Crippen molar-refractivity contribution < 1.29 is 0 Å². The predicted molar refractivity (Wildman–Crippen MR) is 163 cm³/mol. The molecule has 0 saturated carbocycles. The van der Waals surface area contributed by atoms with Crippen LogP contribution in [0.2, 0.25) is 0 Å². The molecular formula is C37H28N2. The molecule has 6 rings (SSSR count). The van der Waals surface area contributed by atoms with Crippen LogP contribution >= 0.6 is 0 Å². The Morgan fingerprint density at radius 1 is 0.641 bits per heavy atom. The Morgan fingerprint density at radius 3 is 2.13 bits per heavy atom. The highest BCUT2D eigenvalue weighted by Crippen LogP contribution is 2.37. The Morgan fingerprint density at radius 2 is 1.36 bits per heavy atom. The first-order valence-corrected chi connectivity index (χ1v) is 13.3. The van der Waals surface area contributed by atoms with Crippen molar-refractivity contribution in [3.05, 3.63) is 162 Å². The molecule has 0 aliphatic heterocycles. The predicted octanol–water partition coefficient (Wildman–Crippen LogP) is 9.76. The summed E-state index contributed by atoms with van der Waals surface area (Å²) in [7, 11) is 0. The smallest absolute Gasteiger partial charge is 0.0991 e. The van der Waals surface area contributed by atoms with E-state index in [0.717, 1.165) is 28.9 Å². The van der Waals surface area contributed by atoms with Crippen molar-refractivity contribution in [2.75, 3.05) is 5.32 Å². The van der Waals surface area contributed by atoms with Gasteiger partial charge in [0.2, 0.25) is 0 Å². The third-order valence-electron chi connectivity index (χ3n) is 7.23. The Bertz CT molecular complexity index is 1710. The maximum absolute atomic E-state index is 9.49. The Labute approximate surface area is 230 Å². The zero-order chi connectivity index (χ0) is 26.4. The molecule has 0 radical (unpaired) electrons. The van der Waals surface area contributed by atoms with Crippen LogP contribution in [0, 0.1) is 11.3 Å². The fourth-order valence-corrected chi connectivity index (χ4v) is 5.16. The van der Waals surface area contributed by atoms with E-state index in [9.17, 15) is 5.26 Å². The van der Waals surface area contributed by atoms with E-state index in [1.165, 1.54) is 27.8 Å². The van der Waals surface area contributed by atoms with Gasteiger partial charge in [0.05, 0.1) is 11.6 Å². The zero-order valence-electron chi connectivity index (χ0n) is 21.6. The van der Waals surface area contributed by atoms with Gasteiger partial charge in [-0.3, -0.25) is 0 Å². The van der Waals surface area contributed by atoms with Crippen LogP contribution in [-0.2, 0) is 0 Å². The molecule has 1 aliphatic rings. The molecule has 0 saturated heterocycles. The van der Waals surface area contributed by atoms with Crippen molar-refractivity contribution in [1.29, 1.82) is 5.26 Å². The molecule has 0 amide bonds. The second kappa shape index (κ2) is 11.1. The molecule has 1 N–H and O–H groups in total. The first kappa shape index (κ1) is 24.2. The Hall–Kier alpha value is -5.13. The van der Waals surface area contributed by atoms with E-state index in [-0.39, 0.29) is 5.92 Å². The number of para-hydroxylation sites is 1. The molecule has 5 aromatic rings. The van der Waals surface area contributed by atoms with Gasteiger partial charge >= 0.3 is 0 Å². The number of benzene rings is 5. The molecular weight excluding hydrogens is 472 g/mol. The minimum absolute atomic E-state index is 0.287. The average Bonchev–Trinajstić information content (AvgIpc) is 3.02. The van der Waals surface area contributed by atoms with Gasteiger partial charge in [-0.15, -0.1) is 0 Å². The lowest BCUT2D eigenvalue weighted by Crippen LogP contribution is -2.01. The maximum Gasteiger partial charge on any atom is 0.0991 e. The summed E-state index contributed by atoms with van der Waals surface area (Å²) in [6.45, 7) is 0. The number of anilines is 2. The summed E-state index contributed by atoms with van der Waals surface area (Å²) in [5, 5.41) is 13.1. The number of hydrogen-bond donors (Lipinski definition) is 1. The molecule has 1 unspecified atom stereocenters. The molecule has 39 heavy (non-hydrogen) atoms. The van der Waals surface area contributed by atoms with Gasteiger partial charge in [0, 0.05) is 22.9 Å². The summed E-state index contributed by atoms with van der Waals surface area (Å²) in [4.78, 5) is 0. The zero-order valence-corrected chi connectivity index (χ0v) is 21.6. The number of hydrogen-bond acceptors (Lipinski definition) is 2. The fraction of sp³-hybridized carbons (Fsp3) is 0.0541. The van der Waals surface area contributed by atoms with E-state index in [1.807, 2.05) is 36.4 Å². The molecule has 1 aliphatic carbocycles. The highest BCUT2D eigenvalue weighted by molar-refractivity contribution is 5.83. The Balaban J connectivity index is 1.29. The first-order chi connectivity index (χ1) is 19.3. The molecule has 0 fully saturated rings. The van der Waals surface area contributed by atoms with Crippen molar-refractivity contribution >= 4 is 16.9 Å². The second-order valence-corrected chi connectivity index (χ2v) is 9.80. The minimum atomic E-state index is 0.287. The van der Waals surface area contributed by atoms with E-state index >= 15 is 0 Å². The maximum atomic E-state index is 9.49. The van der Waals surface area contributed by atoms with E-state index in [1.54, 1.807) is 0 Å². The first-order valence-electron chi connectivity index (χ1n) is 13.3. The average molecular weight is 501 g/mol. The van der Waals surface area contributed by atoms with Gasteiger partial charge in [-0.1, -0.05) is 103 Å². The molecule has 1 atom stereocenters. The van der Waals surface area contributed by atoms with E-state index in [4.69, 9.17) is 0 Å². The van der Waals surface area contributed by atoms with E-state index in [0.29, 0.717) is 5.56 Å². The van der Waals surface area contributed by atoms with Crippen molar-refractivity contribution in [2.45, 2.75) is 12.3 Å². The quantitative estimate of drug-likeness (QED) is 0.252. The largest absolute Gasteiger partial charge is 0.355 e. The van der Waals surface area contributed by atoms with Crippen molar-refractivity contribution in [1.82, 2.24) is 0 Å². The molecule has 2 nitrogen and oxygen atoms in total. The lowest BCUT2D eigenvalue weighted by Gasteiger charge is -2.20. The SMILES string of the molecule is N#Cc1cccc(-c2cc(C3C=CC(c4cccc(-c5ccccc5)c4)=CC3)ccc2Nc2ccccc2)c1. The van der Waals surface area contributed by atoms with Crippen LogP contribution in [0.25, 0.3) is 27.8 Å². The third-order valence-corrected chi connectivity index (χ3v) is 7.23. The number of nitrogens with zero attached hydrogens (tertiary/aromatic N) is 1. The van der Waals surface area contributed by atoms with Gasteiger partial charge < -0.3 is 5.32 Å². The van der Waals surface area contributed by atoms with E-state index < -0.39 is 0 Å². The summed E-state index contributed by atoms with van der Waals surface area (Å²) >= 11 is 0. The van der Waals surface area contributed by atoms with Gasteiger partial charge in [-0.25, -0.2) is 0 Å². The van der Waals surface area contributed by atoms with Gasteiger partial charge in [0.25, 0.3) is 0 Å². The molecule has 0 aromatic heterocycles.